The lowest BCUT2D eigenvalue weighted by molar-refractivity contribution is -0.122. The number of nitrogens with one attached hydrogen (secondary N) is 1. The number of phenols is 1. The fourth-order valence-electron chi connectivity index (χ4n) is 9.91. The van der Waals surface area contributed by atoms with Gasteiger partial charge in [-0.3, -0.25) is 14.5 Å². The monoisotopic (exact) mass is 816 g/mol. The SMILES string of the molecule is CCC/C(=C\c1ccc(O)cc1)CC[C@H]1OC[C@H]2C1=C(CO[Si](c1ccccc1)(c1ccccc1)C(C)(C)C)C[C@H]1C(=O)N(c3ccc(Nc4ccccc4)cc3)C(=O)[C@H]12. The van der Waals surface area contributed by atoms with Gasteiger partial charge in [-0.2, -0.15) is 0 Å². The molecule has 2 fully saturated rings. The molecule has 0 aromatic heterocycles. The number of nitrogens with zero attached hydrogens (tertiary/aromatic N) is 1. The molecular formula is C52H56N2O5Si. The molecule has 2 amide bonds. The van der Waals surface area contributed by atoms with Crippen LogP contribution in [0.2, 0.25) is 5.04 Å². The molecule has 4 atom stereocenters. The largest absolute Gasteiger partial charge is 0.508 e. The molecule has 60 heavy (non-hydrogen) atoms. The van der Waals surface area contributed by atoms with E-state index in [4.69, 9.17) is 9.16 Å². The van der Waals surface area contributed by atoms with Crippen molar-refractivity contribution in [1.82, 2.24) is 0 Å². The summed E-state index contributed by atoms with van der Waals surface area (Å²) in [5.74, 6) is -1.27. The van der Waals surface area contributed by atoms with Gasteiger partial charge in [-0.1, -0.05) is 137 Å². The van der Waals surface area contributed by atoms with Crippen LogP contribution in [0.15, 0.2) is 156 Å². The number of ether oxygens (including phenoxy) is 1. The van der Waals surface area contributed by atoms with Crippen LogP contribution in [-0.2, 0) is 18.8 Å². The van der Waals surface area contributed by atoms with Crippen LogP contribution >= 0.6 is 0 Å². The van der Waals surface area contributed by atoms with E-state index in [1.807, 2.05) is 66.7 Å². The van der Waals surface area contributed by atoms with Crippen molar-refractivity contribution >= 4 is 53.6 Å². The van der Waals surface area contributed by atoms with Gasteiger partial charge >= 0.3 is 0 Å². The van der Waals surface area contributed by atoms with Crippen molar-refractivity contribution in [2.24, 2.45) is 17.8 Å². The number of hydrogen-bond acceptors (Lipinski definition) is 6. The summed E-state index contributed by atoms with van der Waals surface area (Å²) >= 11 is 0. The molecule has 0 radical (unpaired) electrons. The van der Waals surface area contributed by atoms with E-state index in [1.165, 1.54) is 20.8 Å². The van der Waals surface area contributed by atoms with Gasteiger partial charge in [0.2, 0.25) is 11.8 Å². The summed E-state index contributed by atoms with van der Waals surface area (Å²) in [6, 6.07) is 46.2. The van der Waals surface area contributed by atoms with Crippen molar-refractivity contribution < 1.29 is 23.9 Å². The molecule has 3 aliphatic rings. The number of fused-ring (bicyclic) bond motifs is 3. The van der Waals surface area contributed by atoms with E-state index in [1.54, 1.807) is 12.1 Å². The number of rotatable bonds is 14. The highest BCUT2D eigenvalue weighted by atomic mass is 28.4. The second kappa shape index (κ2) is 17.6. The van der Waals surface area contributed by atoms with Gasteiger partial charge in [0.05, 0.1) is 36.8 Å². The number of phenolic OH excluding ortho intramolecular Hbond substituents is 1. The molecule has 8 heteroatoms. The average molecular weight is 817 g/mol. The standard InChI is InChI=1S/C52H56N2O5Si/c1-5-15-36(32-37-22-29-42(55)30-23-37)24-31-47-48-38(34-59-60(52(2,3)4,43-18-11-7-12-19-43)44-20-13-8-14-21-44)33-45-49(46(48)35-58-47)51(57)54(50(45)56)41-27-25-40(26-28-41)53-39-16-9-6-10-17-39/h6-14,16-23,25-30,32,45-47,49,53,55H,5,15,24,31,33-35H2,1-4H3/b36-32+/t45-,46+,47-,49-/m1/s1. The van der Waals surface area contributed by atoms with Gasteiger partial charge in [0, 0.05) is 17.3 Å². The third-order valence-electron chi connectivity index (χ3n) is 12.6. The predicted octanol–water partition coefficient (Wildman–Crippen LogP) is 10.2. The molecule has 2 heterocycles. The number of anilines is 3. The highest BCUT2D eigenvalue weighted by Gasteiger charge is 2.58. The van der Waals surface area contributed by atoms with E-state index in [2.05, 4.69) is 99.8 Å². The molecule has 2 saturated heterocycles. The lowest BCUT2D eigenvalue weighted by atomic mass is 9.69. The smallest absolute Gasteiger partial charge is 0.261 e. The van der Waals surface area contributed by atoms with Crippen molar-refractivity contribution in [3.05, 3.63) is 162 Å². The first-order chi connectivity index (χ1) is 29.1. The molecule has 5 aromatic carbocycles. The second-order valence-corrected chi connectivity index (χ2v) is 21.8. The quantitative estimate of drug-likeness (QED) is 0.0660. The molecule has 1 aliphatic carbocycles. The zero-order valence-corrected chi connectivity index (χ0v) is 36.1. The highest BCUT2D eigenvalue weighted by molar-refractivity contribution is 6.99. The molecule has 308 valence electrons. The van der Waals surface area contributed by atoms with Crippen LogP contribution in [0.3, 0.4) is 0 Å². The first-order valence-electron chi connectivity index (χ1n) is 21.4. The van der Waals surface area contributed by atoms with Crippen LogP contribution in [0.4, 0.5) is 17.1 Å². The van der Waals surface area contributed by atoms with E-state index < -0.39 is 20.2 Å². The minimum Gasteiger partial charge on any atom is -0.508 e. The number of para-hydroxylation sites is 1. The molecule has 5 aromatic rings. The molecular weight excluding hydrogens is 761 g/mol. The Kier molecular flexibility index (Phi) is 12.1. The number of aromatic hydroxyl groups is 1. The summed E-state index contributed by atoms with van der Waals surface area (Å²) < 4.78 is 14.3. The van der Waals surface area contributed by atoms with Crippen molar-refractivity contribution in [3.8, 4) is 5.75 Å². The van der Waals surface area contributed by atoms with Crippen LogP contribution in [0, 0.1) is 17.8 Å². The first-order valence-corrected chi connectivity index (χ1v) is 23.3. The van der Waals surface area contributed by atoms with E-state index in [0.717, 1.165) is 53.8 Å². The van der Waals surface area contributed by atoms with E-state index >= 15 is 0 Å². The predicted molar refractivity (Wildman–Crippen MR) is 244 cm³/mol. The summed E-state index contributed by atoms with van der Waals surface area (Å²) in [7, 11) is -2.93. The van der Waals surface area contributed by atoms with Crippen LogP contribution in [0.25, 0.3) is 6.08 Å². The highest BCUT2D eigenvalue weighted by Crippen LogP contribution is 2.51. The minimum absolute atomic E-state index is 0.147. The molecule has 8 rings (SSSR count). The Hall–Kier alpha value is -5.54. The van der Waals surface area contributed by atoms with E-state index in [9.17, 15) is 14.7 Å². The Balaban J connectivity index is 1.14. The van der Waals surface area contributed by atoms with Crippen molar-refractivity contribution in [2.45, 2.75) is 70.9 Å². The van der Waals surface area contributed by atoms with Crippen LogP contribution < -0.4 is 20.6 Å². The number of benzene rings is 5. The number of hydrogen-bond donors (Lipinski definition) is 2. The zero-order valence-electron chi connectivity index (χ0n) is 35.1. The maximum absolute atomic E-state index is 14.6. The Labute approximate surface area is 355 Å². The maximum atomic E-state index is 14.6. The lowest BCUT2D eigenvalue weighted by Gasteiger charge is -2.44. The van der Waals surface area contributed by atoms with Crippen molar-refractivity contribution in [1.29, 1.82) is 0 Å². The van der Waals surface area contributed by atoms with Gasteiger partial charge in [0.25, 0.3) is 8.32 Å². The van der Waals surface area contributed by atoms with Crippen molar-refractivity contribution in [3.63, 3.8) is 0 Å². The molecule has 0 spiro atoms. The van der Waals surface area contributed by atoms with Gasteiger partial charge in [0.1, 0.15) is 5.75 Å². The molecule has 7 nitrogen and oxygen atoms in total. The van der Waals surface area contributed by atoms with Gasteiger partial charge in [-0.05, 0) is 106 Å². The molecule has 0 bridgehead atoms. The van der Waals surface area contributed by atoms with Gasteiger partial charge in [-0.15, -0.1) is 0 Å². The van der Waals surface area contributed by atoms with Gasteiger partial charge in [-0.25, -0.2) is 0 Å². The summed E-state index contributed by atoms with van der Waals surface area (Å²) in [6.45, 7) is 9.79. The fourth-order valence-corrected chi connectivity index (χ4v) is 14.5. The Bertz CT molecular complexity index is 2300. The Morgan fingerprint density at radius 2 is 1.38 bits per heavy atom. The number of carbonyl (C=O) groups excluding carboxylic acids is 2. The average Bonchev–Trinajstić information content (AvgIpc) is 3.79. The first kappa shape index (κ1) is 41.2. The number of carbonyl (C=O) groups is 2. The molecule has 0 saturated carbocycles. The van der Waals surface area contributed by atoms with Crippen LogP contribution in [0.1, 0.15) is 65.4 Å². The third kappa shape index (κ3) is 8.16. The van der Waals surface area contributed by atoms with E-state index in [-0.39, 0.29) is 34.6 Å². The Morgan fingerprint density at radius 3 is 1.98 bits per heavy atom. The van der Waals surface area contributed by atoms with Crippen LogP contribution in [-0.4, -0.2) is 44.6 Å². The summed E-state index contributed by atoms with van der Waals surface area (Å²) in [4.78, 5) is 30.7. The summed E-state index contributed by atoms with van der Waals surface area (Å²) in [6.07, 6.45) is 6.03. The minimum atomic E-state index is -2.93. The number of imide groups is 1. The normalized spacial score (nSPS) is 20.7. The second-order valence-electron chi connectivity index (χ2n) is 17.5. The summed E-state index contributed by atoms with van der Waals surface area (Å²) in [5, 5.41) is 15.5. The summed E-state index contributed by atoms with van der Waals surface area (Å²) in [5.41, 5.74) is 7.05. The van der Waals surface area contributed by atoms with E-state index in [0.29, 0.717) is 25.3 Å². The zero-order chi connectivity index (χ0) is 41.9. The van der Waals surface area contributed by atoms with Crippen molar-refractivity contribution in [2.75, 3.05) is 23.4 Å². The van der Waals surface area contributed by atoms with Gasteiger partial charge in [0.15, 0.2) is 0 Å². The molecule has 2 aliphatic heterocycles. The van der Waals surface area contributed by atoms with Gasteiger partial charge < -0.3 is 19.6 Å². The topological polar surface area (TPSA) is 88.1 Å². The lowest BCUT2D eigenvalue weighted by Crippen LogP contribution is -2.66. The third-order valence-corrected chi connectivity index (χ3v) is 17.6. The maximum Gasteiger partial charge on any atom is 0.261 e. The molecule has 2 N–H and O–H groups in total. The number of allylic oxidation sites excluding steroid dienone is 1. The number of amides is 2. The Morgan fingerprint density at radius 1 is 0.783 bits per heavy atom. The molecule has 0 unspecified atom stereocenters. The van der Waals surface area contributed by atoms with Crippen LogP contribution in [0.5, 0.6) is 5.75 Å². The fraction of sp³-hybridized carbons (Fsp3) is 0.308.